The van der Waals surface area contributed by atoms with Crippen molar-refractivity contribution in [3.05, 3.63) is 30.1 Å². The van der Waals surface area contributed by atoms with Crippen LogP contribution in [0.15, 0.2) is 24.5 Å². The first-order valence-corrected chi connectivity index (χ1v) is 5.70. The van der Waals surface area contributed by atoms with Crippen LogP contribution in [0.2, 0.25) is 0 Å². The smallest absolute Gasteiger partial charge is 0.310 e. The monoisotopic (exact) mass is 232 g/mol. The molecule has 0 saturated carbocycles. The zero-order valence-corrected chi connectivity index (χ0v) is 10.2. The molecule has 1 N–H and O–H groups in total. The van der Waals surface area contributed by atoms with E-state index in [-0.39, 0.29) is 6.04 Å². The van der Waals surface area contributed by atoms with Crippen LogP contribution < -0.4 is 0 Å². The minimum absolute atomic E-state index is 0.266. The fourth-order valence-electron chi connectivity index (χ4n) is 1.99. The molecule has 0 aliphatic rings. The van der Waals surface area contributed by atoms with E-state index in [4.69, 9.17) is 5.11 Å². The summed E-state index contributed by atoms with van der Waals surface area (Å²) in [5, 5.41) is 9.13. The van der Waals surface area contributed by atoms with Gasteiger partial charge in [-0.3, -0.25) is 4.79 Å². The highest BCUT2D eigenvalue weighted by Gasteiger charge is 2.19. The molecule has 1 atom stereocenters. The summed E-state index contributed by atoms with van der Waals surface area (Å²) >= 11 is 0. The highest BCUT2D eigenvalue weighted by atomic mass is 16.4. The Kier molecular flexibility index (Phi) is 2.88. The number of nitrogens with zero attached hydrogens (tertiary/aromatic N) is 2. The molecule has 0 spiro atoms. The quantitative estimate of drug-likeness (QED) is 0.885. The number of rotatable bonds is 3. The molecule has 4 heteroatoms. The fraction of sp³-hybridized carbons (Fsp3) is 0.385. The van der Waals surface area contributed by atoms with Crippen LogP contribution in [-0.4, -0.2) is 20.6 Å². The van der Waals surface area contributed by atoms with Gasteiger partial charge >= 0.3 is 5.97 Å². The van der Waals surface area contributed by atoms with Crippen molar-refractivity contribution in [2.75, 3.05) is 0 Å². The number of benzene rings is 1. The van der Waals surface area contributed by atoms with E-state index in [0.29, 0.717) is 0 Å². The van der Waals surface area contributed by atoms with Crippen molar-refractivity contribution in [3.63, 3.8) is 0 Å². The van der Waals surface area contributed by atoms with Crippen molar-refractivity contribution in [2.24, 2.45) is 0 Å². The number of fused-ring (bicyclic) bond motifs is 1. The zero-order chi connectivity index (χ0) is 12.6. The van der Waals surface area contributed by atoms with Gasteiger partial charge in [-0.15, -0.1) is 0 Å². The van der Waals surface area contributed by atoms with E-state index in [1.54, 1.807) is 13.3 Å². The van der Waals surface area contributed by atoms with Crippen molar-refractivity contribution < 1.29 is 9.90 Å². The van der Waals surface area contributed by atoms with Crippen LogP contribution in [0.25, 0.3) is 11.0 Å². The standard InChI is InChI=1S/C13H16N2O2/c1-8(2)15-7-14-11-6-4-5-10(12(11)15)9(3)13(16)17/h4-9H,1-3H3,(H,16,17). The van der Waals surface area contributed by atoms with E-state index in [2.05, 4.69) is 18.8 Å². The predicted molar refractivity (Wildman–Crippen MR) is 66.2 cm³/mol. The number of hydrogen-bond acceptors (Lipinski definition) is 2. The molecule has 1 unspecified atom stereocenters. The van der Waals surface area contributed by atoms with Gasteiger partial charge < -0.3 is 9.67 Å². The average Bonchev–Trinajstić information content (AvgIpc) is 2.71. The van der Waals surface area contributed by atoms with Crippen LogP contribution >= 0.6 is 0 Å². The number of hydrogen-bond donors (Lipinski definition) is 1. The Hall–Kier alpha value is -1.84. The Balaban J connectivity index is 2.70. The topological polar surface area (TPSA) is 55.1 Å². The number of carboxylic acids is 1. The molecule has 0 saturated heterocycles. The maximum atomic E-state index is 11.1. The lowest BCUT2D eigenvalue weighted by atomic mass is 9.99. The molecular weight excluding hydrogens is 216 g/mol. The van der Waals surface area contributed by atoms with Gasteiger partial charge in [-0.25, -0.2) is 4.98 Å². The third kappa shape index (κ3) is 1.90. The van der Waals surface area contributed by atoms with Crippen LogP contribution in [0.3, 0.4) is 0 Å². The molecule has 0 radical (unpaired) electrons. The van der Waals surface area contributed by atoms with E-state index in [1.807, 2.05) is 22.8 Å². The Morgan fingerprint density at radius 3 is 2.65 bits per heavy atom. The Bertz CT molecular complexity index is 558. The van der Waals surface area contributed by atoms with Crippen molar-refractivity contribution in [1.82, 2.24) is 9.55 Å². The molecule has 0 aliphatic heterocycles. The Morgan fingerprint density at radius 2 is 2.06 bits per heavy atom. The van der Waals surface area contributed by atoms with Gasteiger partial charge in [0.2, 0.25) is 0 Å². The second-order valence-electron chi connectivity index (χ2n) is 4.52. The first-order chi connectivity index (χ1) is 8.02. The van der Waals surface area contributed by atoms with E-state index >= 15 is 0 Å². The second kappa shape index (κ2) is 4.20. The number of aliphatic carboxylic acids is 1. The molecule has 1 heterocycles. The highest BCUT2D eigenvalue weighted by molar-refractivity contribution is 5.86. The summed E-state index contributed by atoms with van der Waals surface area (Å²) in [6.07, 6.45) is 1.77. The van der Waals surface area contributed by atoms with E-state index in [9.17, 15) is 4.79 Å². The third-order valence-electron chi connectivity index (χ3n) is 3.02. The highest BCUT2D eigenvalue weighted by Crippen LogP contribution is 2.27. The SMILES string of the molecule is CC(C(=O)O)c1cccc2ncn(C(C)C)c12. The first-order valence-electron chi connectivity index (χ1n) is 5.70. The summed E-state index contributed by atoms with van der Waals surface area (Å²) in [7, 11) is 0. The molecule has 0 bridgehead atoms. The number of imidazole rings is 1. The maximum Gasteiger partial charge on any atom is 0.310 e. The number of para-hydroxylation sites is 1. The van der Waals surface area contributed by atoms with Gasteiger partial charge in [0, 0.05) is 6.04 Å². The molecule has 1 aromatic carbocycles. The number of carbonyl (C=O) groups is 1. The van der Waals surface area contributed by atoms with E-state index in [1.165, 1.54) is 0 Å². The number of aromatic nitrogens is 2. The lowest BCUT2D eigenvalue weighted by Gasteiger charge is -2.13. The minimum atomic E-state index is -0.811. The van der Waals surface area contributed by atoms with Crippen molar-refractivity contribution in [2.45, 2.75) is 32.7 Å². The number of carboxylic acid groups (broad SMARTS) is 1. The van der Waals surface area contributed by atoms with Gasteiger partial charge in [0.25, 0.3) is 0 Å². The summed E-state index contributed by atoms with van der Waals surface area (Å²) in [5.41, 5.74) is 2.60. The molecule has 0 fully saturated rings. The van der Waals surface area contributed by atoms with Crippen molar-refractivity contribution in [1.29, 1.82) is 0 Å². The summed E-state index contributed by atoms with van der Waals surface area (Å²) in [4.78, 5) is 15.4. The van der Waals surface area contributed by atoms with E-state index in [0.717, 1.165) is 16.6 Å². The summed E-state index contributed by atoms with van der Waals surface area (Å²) in [5.74, 6) is -1.33. The van der Waals surface area contributed by atoms with Gasteiger partial charge in [-0.2, -0.15) is 0 Å². The van der Waals surface area contributed by atoms with Gasteiger partial charge in [-0.05, 0) is 32.4 Å². The molecule has 17 heavy (non-hydrogen) atoms. The maximum absolute atomic E-state index is 11.1. The largest absolute Gasteiger partial charge is 0.481 e. The summed E-state index contributed by atoms with van der Waals surface area (Å²) in [6.45, 7) is 5.82. The molecular formula is C13H16N2O2. The van der Waals surface area contributed by atoms with Gasteiger partial charge in [0.05, 0.1) is 23.3 Å². The van der Waals surface area contributed by atoms with Gasteiger partial charge in [-0.1, -0.05) is 12.1 Å². The molecule has 2 aromatic rings. The molecule has 2 rings (SSSR count). The van der Waals surface area contributed by atoms with Gasteiger partial charge in [0.1, 0.15) is 0 Å². The molecule has 1 aromatic heterocycles. The van der Waals surface area contributed by atoms with Crippen molar-refractivity contribution in [3.8, 4) is 0 Å². The minimum Gasteiger partial charge on any atom is -0.481 e. The summed E-state index contributed by atoms with van der Waals surface area (Å²) < 4.78 is 2.02. The van der Waals surface area contributed by atoms with Gasteiger partial charge in [0.15, 0.2) is 0 Å². The predicted octanol–water partition coefficient (Wildman–Crippen LogP) is 2.81. The summed E-state index contributed by atoms with van der Waals surface area (Å²) in [6, 6.07) is 5.89. The van der Waals surface area contributed by atoms with E-state index < -0.39 is 11.9 Å². The van der Waals surface area contributed by atoms with Crippen LogP contribution in [0.4, 0.5) is 0 Å². The first kappa shape index (κ1) is 11.6. The van der Waals surface area contributed by atoms with Crippen LogP contribution in [0, 0.1) is 0 Å². The van der Waals surface area contributed by atoms with Crippen LogP contribution in [-0.2, 0) is 4.79 Å². The Morgan fingerprint density at radius 1 is 1.35 bits per heavy atom. The lowest BCUT2D eigenvalue weighted by molar-refractivity contribution is -0.138. The molecule has 0 aliphatic carbocycles. The Labute approximate surface area is 99.9 Å². The molecule has 4 nitrogen and oxygen atoms in total. The van der Waals surface area contributed by atoms with Crippen LogP contribution in [0.5, 0.6) is 0 Å². The second-order valence-corrected chi connectivity index (χ2v) is 4.52. The fourth-order valence-corrected chi connectivity index (χ4v) is 1.99. The molecule has 90 valence electrons. The average molecular weight is 232 g/mol. The lowest BCUT2D eigenvalue weighted by Crippen LogP contribution is -2.10. The van der Waals surface area contributed by atoms with Crippen molar-refractivity contribution >= 4 is 17.0 Å². The third-order valence-corrected chi connectivity index (χ3v) is 3.02. The molecule has 0 amide bonds. The normalized spacial score (nSPS) is 13.2. The zero-order valence-electron chi connectivity index (χ0n) is 10.2. The van der Waals surface area contributed by atoms with Crippen LogP contribution in [0.1, 0.15) is 38.3 Å².